The maximum absolute atomic E-state index is 12.0. The van der Waals surface area contributed by atoms with Gasteiger partial charge in [0.05, 0.1) is 4.88 Å². The molecule has 0 bridgehead atoms. The Morgan fingerprint density at radius 2 is 1.78 bits per heavy atom. The number of urea groups is 1. The van der Waals surface area contributed by atoms with E-state index >= 15 is 0 Å². The summed E-state index contributed by atoms with van der Waals surface area (Å²) in [4.78, 5) is 17.7. The van der Waals surface area contributed by atoms with Crippen molar-refractivity contribution in [2.24, 2.45) is 5.92 Å². The quantitative estimate of drug-likeness (QED) is 0.548. The number of carbonyl (C=O) groups is 1. The fraction of sp³-hybridized carbons (Fsp3) is 0.200. The minimum absolute atomic E-state index is 0.185. The second kappa shape index (κ2) is 8.30. The highest BCUT2D eigenvalue weighted by Crippen LogP contribution is 2.32. The summed E-state index contributed by atoms with van der Waals surface area (Å²) in [7, 11) is 0. The molecule has 1 fully saturated rings. The van der Waals surface area contributed by atoms with Crippen LogP contribution in [-0.2, 0) is 0 Å². The van der Waals surface area contributed by atoms with Gasteiger partial charge in [-0.05, 0) is 29.8 Å². The van der Waals surface area contributed by atoms with Crippen LogP contribution in [0.4, 0.5) is 10.5 Å². The molecule has 0 aliphatic carbocycles. The van der Waals surface area contributed by atoms with Crippen molar-refractivity contribution in [3.05, 3.63) is 60.8 Å². The summed E-state index contributed by atoms with van der Waals surface area (Å²) < 4.78 is 0. The first-order valence-electron chi connectivity index (χ1n) is 8.90. The van der Waals surface area contributed by atoms with Crippen LogP contribution >= 0.6 is 11.3 Å². The molecule has 7 heteroatoms. The summed E-state index contributed by atoms with van der Waals surface area (Å²) in [6.45, 7) is 2.38. The number of nitrogens with one attached hydrogen (secondary N) is 4. The molecule has 0 radical (unpaired) electrons. The van der Waals surface area contributed by atoms with Crippen LogP contribution in [0.15, 0.2) is 60.8 Å². The van der Waals surface area contributed by atoms with Crippen molar-refractivity contribution in [1.82, 2.24) is 21.2 Å². The minimum atomic E-state index is -0.185. The van der Waals surface area contributed by atoms with E-state index in [4.69, 9.17) is 0 Å². The van der Waals surface area contributed by atoms with Crippen molar-refractivity contribution in [3.63, 3.8) is 0 Å². The molecule has 3 aromatic rings. The molecule has 1 aliphatic rings. The summed E-state index contributed by atoms with van der Waals surface area (Å²) >= 11 is 1.66. The topological polar surface area (TPSA) is 78.1 Å². The predicted octanol–water partition coefficient (Wildman–Crippen LogP) is 3.32. The standard InChI is InChI=1S/C20H21N5OS/c26-20(22-10-14-11-23-24-12-14)25-17-8-6-16(7-9-17)19-21-13-18(27-19)15-4-2-1-3-5-15/h1-9,13-14,23-24H,10-12H2,(H2,22,25,26). The van der Waals surface area contributed by atoms with Crippen molar-refractivity contribution in [2.75, 3.05) is 25.0 Å². The van der Waals surface area contributed by atoms with E-state index in [1.54, 1.807) is 11.3 Å². The molecule has 1 aliphatic heterocycles. The summed E-state index contributed by atoms with van der Waals surface area (Å²) in [6.07, 6.45) is 1.90. The maximum atomic E-state index is 12.0. The smallest absolute Gasteiger partial charge is 0.319 e. The predicted molar refractivity (Wildman–Crippen MR) is 110 cm³/mol. The molecule has 0 atom stereocenters. The summed E-state index contributed by atoms with van der Waals surface area (Å²) in [5.74, 6) is 0.418. The molecule has 0 spiro atoms. The number of aromatic nitrogens is 1. The monoisotopic (exact) mass is 379 g/mol. The van der Waals surface area contributed by atoms with Crippen LogP contribution in [0.25, 0.3) is 21.0 Å². The lowest BCUT2D eigenvalue weighted by atomic mass is 10.2. The molecule has 138 valence electrons. The highest BCUT2D eigenvalue weighted by atomic mass is 32.1. The van der Waals surface area contributed by atoms with Gasteiger partial charge in [-0.3, -0.25) is 10.9 Å². The first-order chi connectivity index (χ1) is 13.3. The Hall–Kier alpha value is -2.74. The van der Waals surface area contributed by atoms with Gasteiger partial charge in [-0.2, -0.15) is 0 Å². The van der Waals surface area contributed by atoms with E-state index in [1.165, 1.54) is 5.56 Å². The third-order valence-corrected chi connectivity index (χ3v) is 5.51. The third-order valence-electron chi connectivity index (χ3n) is 4.41. The Balaban J connectivity index is 1.36. The van der Waals surface area contributed by atoms with Crippen molar-refractivity contribution >= 4 is 23.1 Å². The molecule has 2 heterocycles. The molecular formula is C20H21N5OS. The second-order valence-corrected chi connectivity index (χ2v) is 7.47. The van der Waals surface area contributed by atoms with Gasteiger partial charge in [-0.1, -0.05) is 30.3 Å². The summed E-state index contributed by atoms with van der Waals surface area (Å²) in [6, 6.07) is 17.8. The zero-order valence-corrected chi connectivity index (χ0v) is 15.6. The fourth-order valence-corrected chi connectivity index (χ4v) is 3.83. The number of hydrazine groups is 1. The van der Waals surface area contributed by atoms with E-state index in [-0.39, 0.29) is 6.03 Å². The molecule has 0 saturated carbocycles. The Morgan fingerprint density at radius 1 is 1.04 bits per heavy atom. The Bertz CT molecular complexity index is 888. The zero-order valence-electron chi connectivity index (χ0n) is 14.7. The second-order valence-electron chi connectivity index (χ2n) is 6.44. The lowest BCUT2D eigenvalue weighted by molar-refractivity contribution is 0.250. The van der Waals surface area contributed by atoms with Crippen LogP contribution in [0, 0.1) is 5.92 Å². The number of benzene rings is 2. The number of carbonyl (C=O) groups excluding carboxylic acids is 1. The van der Waals surface area contributed by atoms with Crippen LogP contribution in [0.5, 0.6) is 0 Å². The van der Waals surface area contributed by atoms with Crippen LogP contribution < -0.4 is 21.5 Å². The molecule has 4 rings (SSSR count). The molecule has 27 heavy (non-hydrogen) atoms. The van der Waals surface area contributed by atoms with Gasteiger partial charge in [0.25, 0.3) is 0 Å². The van der Waals surface area contributed by atoms with Gasteiger partial charge in [-0.25, -0.2) is 9.78 Å². The van der Waals surface area contributed by atoms with Gasteiger partial charge in [0.15, 0.2) is 0 Å². The van der Waals surface area contributed by atoms with Gasteiger partial charge in [0, 0.05) is 43.0 Å². The third kappa shape index (κ3) is 4.51. The lowest BCUT2D eigenvalue weighted by Gasteiger charge is -2.11. The van der Waals surface area contributed by atoms with Gasteiger partial charge < -0.3 is 10.6 Å². The van der Waals surface area contributed by atoms with Gasteiger partial charge in [-0.15, -0.1) is 11.3 Å². The van der Waals surface area contributed by atoms with E-state index in [9.17, 15) is 4.79 Å². The molecule has 4 N–H and O–H groups in total. The molecule has 0 unspecified atom stereocenters. The maximum Gasteiger partial charge on any atom is 0.319 e. The summed E-state index contributed by atoms with van der Waals surface area (Å²) in [5.41, 5.74) is 9.08. The van der Waals surface area contributed by atoms with Gasteiger partial charge in [0.2, 0.25) is 0 Å². The van der Waals surface area contributed by atoms with Crippen LogP contribution in [0.3, 0.4) is 0 Å². The normalized spacial score (nSPS) is 14.2. The first kappa shape index (κ1) is 17.7. The Kier molecular flexibility index (Phi) is 5.43. The van der Waals surface area contributed by atoms with Crippen LogP contribution in [0.2, 0.25) is 0 Å². The van der Waals surface area contributed by atoms with E-state index in [2.05, 4.69) is 38.6 Å². The van der Waals surface area contributed by atoms with Crippen molar-refractivity contribution < 1.29 is 4.79 Å². The largest absolute Gasteiger partial charge is 0.337 e. The minimum Gasteiger partial charge on any atom is -0.337 e. The highest BCUT2D eigenvalue weighted by Gasteiger charge is 2.14. The van der Waals surface area contributed by atoms with E-state index in [0.717, 1.165) is 34.2 Å². The number of rotatable bonds is 5. The van der Waals surface area contributed by atoms with Crippen molar-refractivity contribution in [3.8, 4) is 21.0 Å². The number of thiazole rings is 1. The number of hydrogen-bond acceptors (Lipinski definition) is 5. The van der Waals surface area contributed by atoms with Crippen LogP contribution in [0.1, 0.15) is 0 Å². The fourth-order valence-electron chi connectivity index (χ4n) is 2.90. The molecule has 1 saturated heterocycles. The number of hydrogen-bond donors (Lipinski definition) is 4. The van der Waals surface area contributed by atoms with Gasteiger partial charge in [0.1, 0.15) is 5.01 Å². The average molecular weight is 379 g/mol. The van der Waals surface area contributed by atoms with Crippen molar-refractivity contribution in [2.45, 2.75) is 0 Å². The molecule has 2 amide bonds. The van der Waals surface area contributed by atoms with Crippen LogP contribution in [-0.4, -0.2) is 30.6 Å². The van der Waals surface area contributed by atoms with Gasteiger partial charge >= 0.3 is 6.03 Å². The Morgan fingerprint density at radius 3 is 2.52 bits per heavy atom. The molecule has 6 nitrogen and oxygen atoms in total. The number of amides is 2. The Labute approximate surface area is 162 Å². The lowest BCUT2D eigenvalue weighted by Crippen LogP contribution is -2.34. The van der Waals surface area contributed by atoms with E-state index < -0.39 is 0 Å². The summed E-state index contributed by atoms with van der Waals surface area (Å²) in [5, 5.41) is 6.73. The molecular weight excluding hydrogens is 358 g/mol. The number of anilines is 1. The number of nitrogens with zero attached hydrogens (tertiary/aromatic N) is 1. The molecule has 1 aromatic heterocycles. The average Bonchev–Trinajstić information content (AvgIpc) is 3.40. The zero-order chi connectivity index (χ0) is 18.5. The highest BCUT2D eigenvalue weighted by molar-refractivity contribution is 7.18. The molecule has 2 aromatic carbocycles. The van der Waals surface area contributed by atoms with E-state index in [0.29, 0.717) is 12.5 Å². The first-order valence-corrected chi connectivity index (χ1v) is 9.72. The van der Waals surface area contributed by atoms with Crippen molar-refractivity contribution in [1.29, 1.82) is 0 Å². The van der Waals surface area contributed by atoms with E-state index in [1.807, 2.05) is 48.7 Å². The SMILES string of the molecule is O=C(NCC1CNNC1)Nc1ccc(-c2ncc(-c3ccccc3)s2)cc1.